The van der Waals surface area contributed by atoms with E-state index in [-0.39, 0.29) is 41.5 Å². The fourth-order valence-electron chi connectivity index (χ4n) is 8.09. The van der Waals surface area contributed by atoms with Crippen molar-refractivity contribution in [3.63, 3.8) is 0 Å². The van der Waals surface area contributed by atoms with Gasteiger partial charge in [-0.1, -0.05) is 33.1 Å². The van der Waals surface area contributed by atoms with Crippen molar-refractivity contribution in [2.45, 2.75) is 97.6 Å². The molecular formula is C34H51N5O5S. The molecule has 2 saturated carbocycles. The average molecular weight is 642 g/mol. The van der Waals surface area contributed by atoms with Gasteiger partial charge in [0.1, 0.15) is 10.9 Å². The van der Waals surface area contributed by atoms with Crippen LogP contribution in [0.25, 0.3) is 0 Å². The zero-order valence-electron chi connectivity index (χ0n) is 27.5. The number of likely N-dealkylation sites (tertiary alicyclic amines) is 3. The monoisotopic (exact) mass is 641 g/mol. The molecule has 1 spiro atoms. The minimum Gasteiger partial charge on any atom is -0.376 e. The number of rotatable bonds is 9. The van der Waals surface area contributed by atoms with Gasteiger partial charge in [0.25, 0.3) is 5.91 Å². The summed E-state index contributed by atoms with van der Waals surface area (Å²) in [6.45, 7) is 11.5. The van der Waals surface area contributed by atoms with Crippen LogP contribution in [-0.4, -0.2) is 101 Å². The lowest BCUT2D eigenvalue weighted by Crippen LogP contribution is -2.65. The van der Waals surface area contributed by atoms with E-state index in [4.69, 9.17) is 4.74 Å². The SMILES string of the molecule is Cc1cc(C(=O)N2CC(C(=O)N[C@H](C(=O)N3CCCCC3)[C@@H](C)OCC3CCCCC3)C3(C2)CN(C(=O)[C@H]2CC2(C)C)C3)sn1. The molecule has 5 aliphatic rings. The maximum absolute atomic E-state index is 14.3. The van der Waals surface area contributed by atoms with Gasteiger partial charge in [0.2, 0.25) is 17.7 Å². The van der Waals surface area contributed by atoms with E-state index in [1.807, 2.05) is 23.6 Å². The van der Waals surface area contributed by atoms with Crippen molar-refractivity contribution in [3.05, 3.63) is 16.6 Å². The molecule has 2 aliphatic carbocycles. The van der Waals surface area contributed by atoms with E-state index in [1.54, 1.807) is 11.0 Å². The quantitative estimate of drug-likeness (QED) is 0.438. The number of nitrogens with zero attached hydrogens (tertiary/aromatic N) is 4. The maximum atomic E-state index is 14.3. The van der Waals surface area contributed by atoms with E-state index in [1.165, 1.54) is 30.8 Å². The van der Waals surface area contributed by atoms with Crippen LogP contribution in [0, 0.1) is 35.5 Å². The summed E-state index contributed by atoms with van der Waals surface area (Å²) < 4.78 is 10.6. The molecule has 0 radical (unpaired) electrons. The van der Waals surface area contributed by atoms with Gasteiger partial charge in [0, 0.05) is 57.2 Å². The van der Waals surface area contributed by atoms with E-state index >= 15 is 0 Å². The Bertz CT molecular complexity index is 1280. The van der Waals surface area contributed by atoms with Crippen LogP contribution in [0.5, 0.6) is 0 Å². The number of amides is 4. The molecule has 6 rings (SSSR count). The number of piperidine rings is 1. The Morgan fingerprint density at radius 2 is 1.62 bits per heavy atom. The van der Waals surface area contributed by atoms with Crippen molar-refractivity contribution in [1.29, 1.82) is 0 Å². The van der Waals surface area contributed by atoms with Crippen LogP contribution in [0.2, 0.25) is 0 Å². The molecule has 11 heteroatoms. The van der Waals surface area contributed by atoms with Gasteiger partial charge in [0.05, 0.1) is 17.7 Å². The summed E-state index contributed by atoms with van der Waals surface area (Å²) in [7, 11) is 0. The molecule has 3 saturated heterocycles. The number of ether oxygens (including phenoxy) is 1. The average Bonchev–Trinajstić information content (AvgIpc) is 3.32. The van der Waals surface area contributed by atoms with Gasteiger partial charge in [-0.15, -0.1) is 0 Å². The molecule has 45 heavy (non-hydrogen) atoms. The first-order valence-electron chi connectivity index (χ1n) is 17.2. The van der Waals surface area contributed by atoms with Gasteiger partial charge in [-0.25, -0.2) is 0 Å². The summed E-state index contributed by atoms with van der Waals surface area (Å²) in [6, 6.07) is 0.993. The van der Waals surface area contributed by atoms with Crippen LogP contribution in [0.1, 0.15) is 93.9 Å². The van der Waals surface area contributed by atoms with Gasteiger partial charge >= 0.3 is 0 Å². The second-order valence-corrected chi connectivity index (χ2v) is 16.1. The van der Waals surface area contributed by atoms with Gasteiger partial charge < -0.3 is 24.8 Å². The molecule has 4 atom stereocenters. The molecule has 1 aromatic rings. The Kier molecular flexibility index (Phi) is 9.32. The Hall–Kier alpha value is -2.53. The Morgan fingerprint density at radius 3 is 2.24 bits per heavy atom. The number of nitrogens with one attached hydrogen (secondary N) is 1. The Labute approximate surface area is 271 Å². The molecule has 0 aromatic carbocycles. The number of aromatic nitrogens is 1. The Morgan fingerprint density at radius 1 is 0.978 bits per heavy atom. The molecule has 3 aliphatic heterocycles. The highest BCUT2D eigenvalue weighted by molar-refractivity contribution is 7.08. The summed E-state index contributed by atoms with van der Waals surface area (Å²) in [5, 5.41) is 3.16. The number of aryl methyl sites for hydroxylation is 1. The molecule has 4 heterocycles. The van der Waals surface area contributed by atoms with Gasteiger partial charge in [-0.2, -0.15) is 4.37 Å². The lowest BCUT2D eigenvalue weighted by molar-refractivity contribution is -0.153. The third-order valence-electron chi connectivity index (χ3n) is 11.2. The van der Waals surface area contributed by atoms with Crippen molar-refractivity contribution in [3.8, 4) is 0 Å². The summed E-state index contributed by atoms with van der Waals surface area (Å²) >= 11 is 1.18. The first-order valence-corrected chi connectivity index (χ1v) is 18.0. The lowest BCUT2D eigenvalue weighted by Gasteiger charge is -2.50. The van der Waals surface area contributed by atoms with Crippen molar-refractivity contribution in [2.75, 3.05) is 45.9 Å². The third kappa shape index (κ3) is 6.80. The van der Waals surface area contributed by atoms with Crippen LogP contribution in [0.4, 0.5) is 0 Å². The summed E-state index contributed by atoms with van der Waals surface area (Å²) in [6.07, 6.45) is 9.43. The zero-order chi connectivity index (χ0) is 31.9. The number of carbonyl (C=O) groups excluding carboxylic acids is 4. The number of hydrogen-bond acceptors (Lipinski definition) is 7. The molecule has 4 amide bonds. The minimum atomic E-state index is -0.796. The number of hydrogen-bond donors (Lipinski definition) is 1. The molecule has 10 nitrogen and oxygen atoms in total. The van der Waals surface area contributed by atoms with Crippen LogP contribution in [0.15, 0.2) is 6.07 Å². The van der Waals surface area contributed by atoms with Gasteiger partial charge in [0.15, 0.2) is 0 Å². The molecule has 1 unspecified atom stereocenters. The van der Waals surface area contributed by atoms with E-state index in [2.05, 4.69) is 23.5 Å². The second-order valence-electron chi connectivity index (χ2n) is 15.3. The highest BCUT2D eigenvalue weighted by Crippen LogP contribution is 2.54. The standard InChI is InChI=1S/C34H51N5O5S/c1-22-15-27(45-36-22)31(42)38-17-26(34(19-38)20-39(21-34)30(41)25-16-33(25,3)4)29(40)35-28(32(43)37-13-9-6-10-14-37)23(2)44-18-24-11-7-5-8-12-24/h15,23-26,28H,5-14,16-21H2,1-4H3,(H,35,40)/t23-,25-,26?,28+/m1/s1. The second kappa shape index (κ2) is 12.9. The maximum Gasteiger partial charge on any atom is 0.265 e. The molecular weight excluding hydrogens is 590 g/mol. The topological polar surface area (TPSA) is 112 Å². The predicted octanol–water partition coefficient (Wildman–Crippen LogP) is 3.88. The van der Waals surface area contributed by atoms with Crippen molar-refractivity contribution >= 4 is 35.2 Å². The molecule has 1 N–H and O–H groups in total. The van der Waals surface area contributed by atoms with Gasteiger partial charge in [-0.05, 0) is 81.3 Å². The highest BCUT2D eigenvalue weighted by Gasteiger charge is 2.62. The Balaban J connectivity index is 1.19. The molecule has 248 valence electrons. The molecule has 1 aromatic heterocycles. The summed E-state index contributed by atoms with van der Waals surface area (Å²) in [5.74, 6) is -0.312. The van der Waals surface area contributed by atoms with Crippen LogP contribution in [-0.2, 0) is 19.1 Å². The highest BCUT2D eigenvalue weighted by atomic mass is 32.1. The van der Waals surface area contributed by atoms with Gasteiger partial charge in [-0.3, -0.25) is 19.2 Å². The van der Waals surface area contributed by atoms with Crippen molar-refractivity contribution in [2.24, 2.45) is 28.6 Å². The first-order chi connectivity index (χ1) is 21.5. The fraction of sp³-hybridized carbons (Fsp3) is 0.794. The molecule has 5 fully saturated rings. The minimum absolute atomic E-state index is 0.0219. The van der Waals surface area contributed by atoms with Crippen molar-refractivity contribution in [1.82, 2.24) is 24.4 Å². The molecule has 0 bridgehead atoms. The van der Waals surface area contributed by atoms with E-state index in [9.17, 15) is 19.2 Å². The summed E-state index contributed by atoms with van der Waals surface area (Å²) in [4.78, 5) is 61.1. The zero-order valence-corrected chi connectivity index (χ0v) is 28.3. The van der Waals surface area contributed by atoms with Crippen LogP contribution >= 0.6 is 11.5 Å². The van der Waals surface area contributed by atoms with E-state index in [0.29, 0.717) is 50.1 Å². The largest absolute Gasteiger partial charge is 0.376 e. The van der Waals surface area contributed by atoms with Crippen LogP contribution in [0.3, 0.4) is 0 Å². The van der Waals surface area contributed by atoms with Crippen LogP contribution < -0.4 is 5.32 Å². The third-order valence-corrected chi connectivity index (χ3v) is 12.1. The first kappa shape index (κ1) is 32.4. The van der Waals surface area contributed by atoms with E-state index < -0.39 is 23.5 Å². The number of carbonyl (C=O) groups is 4. The smallest absolute Gasteiger partial charge is 0.265 e. The normalized spacial score (nSPS) is 27.2. The predicted molar refractivity (Wildman–Crippen MR) is 171 cm³/mol. The lowest BCUT2D eigenvalue weighted by atomic mass is 9.70. The van der Waals surface area contributed by atoms with E-state index in [0.717, 1.165) is 44.2 Å². The summed E-state index contributed by atoms with van der Waals surface area (Å²) in [5.41, 5.74) is 0.271. The van der Waals surface area contributed by atoms with Crippen molar-refractivity contribution < 1.29 is 23.9 Å². The fourth-order valence-corrected chi connectivity index (χ4v) is 8.81.